The minimum Gasteiger partial charge on any atom is -0.444 e. The third-order valence-electron chi connectivity index (χ3n) is 3.93. The van der Waals surface area contributed by atoms with Crippen molar-refractivity contribution in [3.05, 3.63) is 17.3 Å². The first-order valence-electron chi connectivity index (χ1n) is 8.20. The smallest absolute Gasteiger partial charge is 0.251 e. The van der Waals surface area contributed by atoms with Crippen molar-refractivity contribution in [3.63, 3.8) is 0 Å². The van der Waals surface area contributed by atoms with Crippen LogP contribution in [0.4, 0.5) is 0 Å². The molecule has 23 heavy (non-hydrogen) atoms. The Labute approximate surface area is 136 Å². The lowest BCUT2D eigenvalue weighted by Gasteiger charge is -2.21. The predicted octanol–water partition coefficient (Wildman–Crippen LogP) is 0.925. The molecular weight excluding hydrogens is 298 g/mol. The summed E-state index contributed by atoms with van der Waals surface area (Å²) in [5, 5.41) is 12.4. The number of rotatable bonds is 6. The lowest BCUT2D eigenvalue weighted by Crippen LogP contribution is -2.44. The summed E-state index contributed by atoms with van der Waals surface area (Å²) in [4.78, 5) is 29.7. The fourth-order valence-electron chi connectivity index (χ4n) is 2.62. The number of hydrogen-bond donors (Lipinski definition) is 2. The molecule has 2 amide bonds. The predicted molar refractivity (Wildman–Crippen MR) is 83.5 cm³/mol. The number of aliphatic hydroxyl groups excluding tert-OH is 1. The highest BCUT2D eigenvalue weighted by Crippen LogP contribution is 2.13. The van der Waals surface area contributed by atoms with Gasteiger partial charge in [-0.05, 0) is 32.6 Å². The average Bonchev–Trinajstić information content (AvgIpc) is 2.79. The fourth-order valence-corrected chi connectivity index (χ4v) is 2.62. The molecule has 1 aromatic heterocycles. The van der Waals surface area contributed by atoms with Crippen LogP contribution in [0.25, 0.3) is 0 Å². The van der Waals surface area contributed by atoms with E-state index in [0.717, 1.165) is 31.4 Å². The number of likely N-dealkylation sites (tertiary alicyclic amines) is 1. The van der Waals surface area contributed by atoms with Gasteiger partial charge in [0.2, 0.25) is 5.91 Å². The zero-order valence-corrected chi connectivity index (χ0v) is 13.8. The molecule has 7 heteroatoms. The monoisotopic (exact) mass is 323 g/mol. The number of amides is 2. The average molecular weight is 323 g/mol. The Morgan fingerprint density at radius 3 is 3.00 bits per heavy atom. The SMILES string of the molecule is CCCc1nc(C)c(CNC(=O)CN2CCCCC(O)C2=O)o1. The molecule has 2 heterocycles. The molecule has 1 aliphatic rings. The van der Waals surface area contributed by atoms with E-state index in [4.69, 9.17) is 4.42 Å². The van der Waals surface area contributed by atoms with Gasteiger partial charge in [-0.1, -0.05) is 6.92 Å². The summed E-state index contributed by atoms with van der Waals surface area (Å²) in [6.07, 6.45) is 2.80. The van der Waals surface area contributed by atoms with Gasteiger partial charge in [0, 0.05) is 13.0 Å². The van der Waals surface area contributed by atoms with E-state index in [0.29, 0.717) is 24.6 Å². The molecule has 0 aliphatic carbocycles. The maximum atomic E-state index is 12.0. The third kappa shape index (κ3) is 4.79. The molecule has 1 saturated heterocycles. The Hall–Kier alpha value is -1.89. The topological polar surface area (TPSA) is 95.7 Å². The van der Waals surface area contributed by atoms with Gasteiger partial charge in [-0.2, -0.15) is 0 Å². The quantitative estimate of drug-likeness (QED) is 0.812. The van der Waals surface area contributed by atoms with Gasteiger partial charge in [0.05, 0.1) is 18.8 Å². The molecule has 2 rings (SSSR count). The molecule has 0 radical (unpaired) electrons. The standard InChI is InChI=1S/C16H25N3O4/c1-3-6-15-18-11(2)13(23-15)9-17-14(21)10-19-8-5-4-7-12(20)16(19)22/h12,20H,3-10H2,1-2H3,(H,17,21). The Kier molecular flexibility index (Phi) is 6.15. The number of aryl methyl sites for hydroxylation is 2. The summed E-state index contributed by atoms with van der Waals surface area (Å²) >= 11 is 0. The summed E-state index contributed by atoms with van der Waals surface area (Å²) in [6.45, 7) is 4.62. The molecule has 7 nitrogen and oxygen atoms in total. The van der Waals surface area contributed by atoms with Gasteiger partial charge in [-0.25, -0.2) is 4.98 Å². The lowest BCUT2D eigenvalue weighted by atomic mass is 10.2. The van der Waals surface area contributed by atoms with Gasteiger partial charge in [0.15, 0.2) is 5.89 Å². The van der Waals surface area contributed by atoms with Crippen molar-refractivity contribution in [3.8, 4) is 0 Å². The fraction of sp³-hybridized carbons (Fsp3) is 0.688. The number of aromatic nitrogens is 1. The molecule has 0 aromatic carbocycles. The summed E-state index contributed by atoms with van der Waals surface area (Å²) in [6, 6.07) is 0. The van der Waals surface area contributed by atoms with E-state index < -0.39 is 6.10 Å². The first-order chi connectivity index (χ1) is 11.0. The van der Waals surface area contributed by atoms with Crippen molar-refractivity contribution in [2.24, 2.45) is 0 Å². The van der Waals surface area contributed by atoms with Crippen LogP contribution in [0.5, 0.6) is 0 Å². The highest BCUT2D eigenvalue weighted by Gasteiger charge is 2.26. The van der Waals surface area contributed by atoms with Crippen LogP contribution in [-0.4, -0.2) is 46.0 Å². The van der Waals surface area contributed by atoms with Crippen LogP contribution in [0.15, 0.2) is 4.42 Å². The van der Waals surface area contributed by atoms with E-state index in [9.17, 15) is 14.7 Å². The van der Waals surface area contributed by atoms with Crippen molar-refractivity contribution >= 4 is 11.8 Å². The second kappa shape index (κ2) is 8.10. The van der Waals surface area contributed by atoms with Crippen LogP contribution in [-0.2, 0) is 22.6 Å². The Morgan fingerprint density at radius 2 is 2.26 bits per heavy atom. The molecular formula is C16H25N3O4. The lowest BCUT2D eigenvalue weighted by molar-refractivity contribution is -0.142. The van der Waals surface area contributed by atoms with Gasteiger partial charge in [0.1, 0.15) is 11.9 Å². The van der Waals surface area contributed by atoms with Crippen molar-refractivity contribution in [1.29, 1.82) is 0 Å². The van der Waals surface area contributed by atoms with E-state index >= 15 is 0 Å². The van der Waals surface area contributed by atoms with Crippen molar-refractivity contribution in [2.45, 2.75) is 58.6 Å². The second-order valence-electron chi connectivity index (χ2n) is 5.91. The Morgan fingerprint density at radius 1 is 1.48 bits per heavy atom. The minimum absolute atomic E-state index is 0.0368. The molecule has 128 valence electrons. The number of nitrogens with one attached hydrogen (secondary N) is 1. The highest BCUT2D eigenvalue weighted by atomic mass is 16.4. The van der Waals surface area contributed by atoms with Crippen molar-refractivity contribution in [1.82, 2.24) is 15.2 Å². The van der Waals surface area contributed by atoms with Crippen LogP contribution >= 0.6 is 0 Å². The Balaban J connectivity index is 1.86. The molecule has 1 aliphatic heterocycles. The molecule has 1 atom stereocenters. The number of carbonyl (C=O) groups excluding carboxylic acids is 2. The zero-order valence-electron chi connectivity index (χ0n) is 13.8. The largest absolute Gasteiger partial charge is 0.444 e. The van der Waals surface area contributed by atoms with E-state index in [2.05, 4.69) is 10.3 Å². The van der Waals surface area contributed by atoms with E-state index in [-0.39, 0.29) is 24.9 Å². The molecule has 1 aromatic rings. The first kappa shape index (κ1) is 17.5. The van der Waals surface area contributed by atoms with Crippen LogP contribution in [0.1, 0.15) is 50.0 Å². The van der Waals surface area contributed by atoms with E-state index in [1.165, 1.54) is 4.90 Å². The normalized spacial score (nSPS) is 18.8. The highest BCUT2D eigenvalue weighted by molar-refractivity contribution is 5.87. The number of nitrogens with zero attached hydrogens (tertiary/aromatic N) is 2. The van der Waals surface area contributed by atoms with Crippen LogP contribution in [0.3, 0.4) is 0 Å². The van der Waals surface area contributed by atoms with Crippen LogP contribution in [0.2, 0.25) is 0 Å². The number of oxazole rings is 1. The van der Waals surface area contributed by atoms with Gasteiger partial charge in [0.25, 0.3) is 5.91 Å². The number of carbonyl (C=O) groups is 2. The third-order valence-corrected chi connectivity index (χ3v) is 3.93. The maximum absolute atomic E-state index is 12.0. The van der Waals surface area contributed by atoms with Crippen LogP contribution < -0.4 is 5.32 Å². The first-order valence-corrected chi connectivity index (χ1v) is 8.20. The van der Waals surface area contributed by atoms with Gasteiger partial charge in [-0.15, -0.1) is 0 Å². The summed E-state index contributed by atoms with van der Waals surface area (Å²) in [5.74, 6) is 0.697. The van der Waals surface area contributed by atoms with Gasteiger partial charge in [-0.3, -0.25) is 9.59 Å². The number of aliphatic hydroxyl groups is 1. The molecule has 0 spiro atoms. The zero-order chi connectivity index (χ0) is 16.8. The molecule has 1 fully saturated rings. The van der Waals surface area contributed by atoms with Crippen molar-refractivity contribution in [2.75, 3.05) is 13.1 Å². The molecule has 0 saturated carbocycles. The van der Waals surface area contributed by atoms with Crippen LogP contribution in [0, 0.1) is 6.92 Å². The minimum atomic E-state index is -0.988. The summed E-state index contributed by atoms with van der Waals surface area (Å²) in [5.41, 5.74) is 0.773. The van der Waals surface area contributed by atoms with Crippen molar-refractivity contribution < 1.29 is 19.1 Å². The maximum Gasteiger partial charge on any atom is 0.251 e. The summed E-state index contributed by atoms with van der Waals surface area (Å²) in [7, 11) is 0. The molecule has 1 unspecified atom stereocenters. The summed E-state index contributed by atoms with van der Waals surface area (Å²) < 4.78 is 5.61. The van der Waals surface area contributed by atoms with Gasteiger partial charge >= 0.3 is 0 Å². The van der Waals surface area contributed by atoms with E-state index in [1.807, 2.05) is 13.8 Å². The van der Waals surface area contributed by atoms with Gasteiger partial charge < -0.3 is 19.7 Å². The second-order valence-corrected chi connectivity index (χ2v) is 5.91. The molecule has 2 N–H and O–H groups in total. The number of hydrogen-bond acceptors (Lipinski definition) is 5. The van der Waals surface area contributed by atoms with E-state index in [1.54, 1.807) is 0 Å². The molecule has 0 bridgehead atoms. The Bertz CT molecular complexity index is 556.